The van der Waals surface area contributed by atoms with E-state index in [1.54, 1.807) is 24.3 Å². The number of halogens is 1. The van der Waals surface area contributed by atoms with E-state index in [0.29, 0.717) is 31.0 Å². The Morgan fingerprint density at radius 3 is 2.33 bits per heavy atom. The molecule has 1 atom stereocenters. The van der Waals surface area contributed by atoms with Crippen LogP contribution < -0.4 is 0 Å². The summed E-state index contributed by atoms with van der Waals surface area (Å²) in [7, 11) is 0. The molecule has 18 heavy (non-hydrogen) atoms. The van der Waals surface area contributed by atoms with Gasteiger partial charge in [0.15, 0.2) is 0 Å². The molecule has 0 amide bonds. The maximum atomic E-state index is 11.4. The van der Waals surface area contributed by atoms with E-state index in [1.165, 1.54) is 0 Å². The van der Waals surface area contributed by atoms with Crippen molar-refractivity contribution in [3.63, 3.8) is 0 Å². The molecule has 1 saturated heterocycles. The van der Waals surface area contributed by atoms with Crippen molar-refractivity contribution in [1.82, 2.24) is 4.90 Å². The Kier molecular flexibility index (Phi) is 4.22. The molecule has 1 aliphatic rings. The van der Waals surface area contributed by atoms with Gasteiger partial charge in [-0.15, -0.1) is 0 Å². The Balaban J connectivity index is 2.18. The predicted octanol–water partition coefficient (Wildman–Crippen LogP) is 1.92. The first-order chi connectivity index (χ1) is 8.58. The number of benzene rings is 1. The summed E-state index contributed by atoms with van der Waals surface area (Å²) in [4.78, 5) is 13.3. The monoisotopic (exact) mass is 269 g/mol. The van der Waals surface area contributed by atoms with Gasteiger partial charge in [-0.1, -0.05) is 23.7 Å². The van der Waals surface area contributed by atoms with Crippen LogP contribution in [0.25, 0.3) is 0 Å². The number of carboxylic acid groups (broad SMARTS) is 1. The predicted molar refractivity (Wildman–Crippen MR) is 68.6 cm³/mol. The Bertz CT molecular complexity index is 413. The van der Waals surface area contributed by atoms with Crippen molar-refractivity contribution in [3.8, 4) is 0 Å². The summed E-state index contributed by atoms with van der Waals surface area (Å²) in [5, 5.41) is 19.4. The van der Waals surface area contributed by atoms with Gasteiger partial charge in [0.1, 0.15) is 6.04 Å². The van der Waals surface area contributed by atoms with Crippen LogP contribution in [0.1, 0.15) is 24.4 Å². The molecule has 2 N–H and O–H groups in total. The fourth-order valence-corrected chi connectivity index (χ4v) is 2.42. The van der Waals surface area contributed by atoms with E-state index >= 15 is 0 Å². The third kappa shape index (κ3) is 3.02. The lowest BCUT2D eigenvalue weighted by Crippen LogP contribution is -2.41. The molecule has 0 aliphatic carbocycles. The number of likely N-dealkylation sites (tertiary alicyclic amines) is 1. The normalized spacial score (nSPS) is 19.7. The van der Waals surface area contributed by atoms with Gasteiger partial charge in [0, 0.05) is 18.1 Å². The highest BCUT2D eigenvalue weighted by Crippen LogP contribution is 2.26. The molecule has 1 heterocycles. The number of carboxylic acids is 1. The van der Waals surface area contributed by atoms with E-state index in [2.05, 4.69) is 0 Å². The Morgan fingerprint density at radius 1 is 1.28 bits per heavy atom. The van der Waals surface area contributed by atoms with Gasteiger partial charge in [0.2, 0.25) is 0 Å². The lowest BCUT2D eigenvalue weighted by atomic mass is 10.0. The first-order valence-electron chi connectivity index (χ1n) is 5.98. The largest absolute Gasteiger partial charge is 0.480 e. The molecule has 1 unspecified atom stereocenters. The second-order valence-electron chi connectivity index (χ2n) is 4.56. The average molecular weight is 270 g/mol. The first-order valence-corrected chi connectivity index (χ1v) is 6.36. The van der Waals surface area contributed by atoms with E-state index in [0.717, 1.165) is 5.56 Å². The van der Waals surface area contributed by atoms with Crippen LogP contribution in [0.3, 0.4) is 0 Å². The Labute approximate surface area is 111 Å². The minimum Gasteiger partial charge on any atom is -0.480 e. The molecule has 4 nitrogen and oxygen atoms in total. The first kappa shape index (κ1) is 13.3. The summed E-state index contributed by atoms with van der Waals surface area (Å²) in [5.74, 6) is -0.867. The van der Waals surface area contributed by atoms with Crippen molar-refractivity contribution in [2.24, 2.45) is 0 Å². The van der Waals surface area contributed by atoms with Gasteiger partial charge >= 0.3 is 5.97 Å². The van der Waals surface area contributed by atoms with E-state index in [1.807, 2.05) is 4.90 Å². The zero-order valence-corrected chi connectivity index (χ0v) is 10.7. The molecule has 1 aromatic carbocycles. The van der Waals surface area contributed by atoms with E-state index < -0.39 is 12.0 Å². The van der Waals surface area contributed by atoms with Gasteiger partial charge in [-0.25, -0.2) is 0 Å². The fourth-order valence-electron chi connectivity index (χ4n) is 2.30. The average Bonchev–Trinajstić information content (AvgIpc) is 2.34. The number of nitrogens with zero attached hydrogens (tertiary/aromatic N) is 1. The van der Waals surface area contributed by atoms with Crippen molar-refractivity contribution in [2.45, 2.75) is 25.0 Å². The number of aliphatic hydroxyl groups excluding tert-OH is 1. The molecule has 0 bridgehead atoms. The summed E-state index contributed by atoms with van der Waals surface area (Å²) >= 11 is 5.81. The maximum Gasteiger partial charge on any atom is 0.325 e. The zero-order chi connectivity index (χ0) is 13.1. The lowest BCUT2D eigenvalue weighted by Gasteiger charge is -2.34. The van der Waals surface area contributed by atoms with Gasteiger partial charge in [-0.05, 0) is 30.5 Å². The van der Waals surface area contributed by atoms with Crippen LogP contribution in [0.4, 0.5) is 0 Å². The highest BCUT2D eigenvalue weighted by Gasteiger charge is 2.30. The highest BCUT2D eigenvalue weighted by molar-refractivity contribution is 6.30. The Morgan fingerprint density at radius 2 is 1.83 bits per heavy atom. The SMILES string of the molecule is O=C(O)C(c1ccc(Cl)cc1)N1CCC(O)CC1. The number of carbonyl (C=O) groups is 1. The molecule has 1 aliphatic heterocycles. The number of hydrogen-bond donors (Lipinski definition) is 2. The Hall–Kier alpha value is -1.10. The van der Waals surface area contributed by atoms with Crippen molar-refractivity contribution < 1.29 is 15.0 Å². The minimum atomic E-state index is -0.867. The van der Waals surface area contributed by atoms with E-state index in [9.17, 15) is 15.0 Å². The number of aliphatic hydroxyl groups is 1. The van der Waals surface area contributed by atoms with Gasteiger partial charge in [-0.3, -0.25) is 9.69 Å². The molecule has 5 heteroatoms. The van der Waals surface area contributed by atoms with Crippen LogP contribution >= 0.6 is 11.6 Å². The van der Waals surface area contributed by atoms with Gasteiger partial charge in [0.25, 0.3) is 0 Å². The van der Waals surface area contributed by atoms with Crippen molar-refractivity contribution >= 4 is 17.6 Å². The second-order valence-corrected chi connectivity index (χ2v) is 5.00. The molecule has 0 aromatic heterocycles. The molecular formula is C13H16ClNO3. The third-order valence-electron chi connectivity index (χ3n) is 3.28. The van der Waals surface area contributed by atoms with E-state index in [-0.39, 0.29) is 6.10 Å². The smallest absolute Gasteiger partial charge is 0.325 e. The molecular weight excluding hydrogens is 254 g/mol. The van der Waals surface area contributed by atoms with E-state index in [4.69, 9.17) is 11.6 Å². The number of aliphatic carboxylic acids is 1. The minimum absolute atomic E-state index is 0.305. The molecule has 0 spiro atoms. The fraction of sp³-hybridized carbons (Fsp3) is 0.462. The van der Waals surface area contributed by atoms with Crippen LogP contribution in [0.2, 0.25) is 5.02 Å². The molecule has 0 saturated carbocycles. The summed E-state index contributed by atoms with van der Waals surface area (Å²) in [6.07, 6.45) is 0.940. The van der Waals surface area contributed by atoms with Crippen molar-refractivity contribution in [1.29, 1.82) is 0 Å². The third-order valence-corrected chi connectivity index (χ3v) is 3.54. The summed E-state index contributed by atoms with van der Waals surface area (Å²) in [6, 6.07) is 6.23. The summed E-state index contributed by atoms with van der Waals surface area (Å²) in [5.41, 5.74) is 0.725. The van der Waals surface area contributed by atoms with Crippen molar-refractivity contribution in [3.05, 3.63) is 34.9 Å². The van der Waals surface area contributed by atoms with Gasteiger partial charge in [0.05, 0.1) is 6.10 Å². The van der Waals surface area contributed by atoms with Gasteiger partial charge < -0.3 is 10.2 Å². The zero-order valence-electron chi connectivity index (χ0n) is 9.92. The van der Waals surface area contributed by atoms with Crippen molar-refractivity contribution in [2.75, 3.05) is 13.1 Å². The number of piperidine rings is 1. The molecule has 98 valence electrons. The number of rotatable bonds is 3. The van der Waals surface area contributed by atoms with Crippen LogP contribution in [0.5, 0.6) is 0 Å². The standard InChI is InChI=1S/C13H16ClNO3/c14-10-3-1-9(2-4-10)12(13(17)18)15-7-5-11(16)6-8-15/h1-4,11-12,16H,5-8H2,(H,17,18). The van der Waals surface area contributed by atoms with Crippen LogP contribution in [-0.4, -0.2) is 40.3 Å². The number of hydrogen-bond acceptors (Lipinski definition) is 3. The van der Waals surface area contributed by atoms with Gasteiger partial charge in [-0.2, -0.15) is 0 Å². The second kappa shape index (κ2) is 5.69. The quantitative estimate of drug-likeness (QED) is 0.880. The maximum absolute atomic E-state index is 11.4. The molecule has 0 radical (unpaired) electrons. The molecule has 1 aromatic rings. The molecule has 2 rings (SSSR count). The highest BCUT2D eigenvalue weighted by atomic mass is 35.5. The van der Waals surface area contributed by atoms with Crippen LogP contribution in [0, 0.1) is 0 Å². The lowest BCUT2D eigenvalue weighted by molar-refractivity contribution is -0.144. The molecule has 1 fully saturated rings. The summed E-state index contributed by atoms with van der Waals surface area (Å²) in [6.45, 7) is 1.20. The van der Waals surface area contributed by atoms with Crippen LogP contribution in [-0.2, 0) is 4.79 Å². The summed E-state index contributed by atoms with van der Waals surface area (Å²) < 4.78 is 0. The topological polar surface area (TPSA) is 60.8 Å². The van der Waals surface area contributed by atoms with Crippen LogP contribution in [0.15, 0.2) is 24.3 Å².